The SMILES string of the molecule is Cc1ccnn1-c1c[nH]c(N)c1. The van der Waals surface area contributed by atoms with Gasteiger partial charge in [0, 0.05) is 24.2 Å². The van der Waals surface area contributed by atoms with Crippen LogP contribution in [-0.4, -0.2) is 14.8 Å². The highest BCUT2D eigenvalue weighted by Crippen LogP contribution is 2.11. The van der Waals surface area contributed by atoms with Crippen LogP contribution < -0.4 is 5.73 Å². The van der Waals surface area contributed by atoms with Crippen LogP contribution in [0.3, 0.4) is 0 Å². The number of anilines is 1. The molecule has 0 amide bonds. The molecule has 0 aliphatic rings. The first-order valence-electron chi connectivity index (χ1n) is 3.72. The van der Waals surface area contributed by atoms with Gasteiger partial charge >= 0.3 is 0 Å². The second-order valence-corrected chi connectivity index (χ2v) is 2.70. The van der Waals surface area contributed by atoms with Crippen LogP contribution in [0.5, 0.6) is 0 Å². The third kappa shape index (κ3) is 0.972. The first-order chi connectivity index (χ1) is 5.77. The monoisotopic (exact) mass is 162 g/mol. The minimum absolute atomic E-state index is 0.653. The molecule has 0 aliphatic carbocycles. The maximum absolute atomic E-state index is 5.54. The number of nitrogen functional groups attached to an aromatic ring is 1. The van der Waals surface area contributed by atoms with Gasteiger partial charge in [-0.2, -0.15) is 5.10 Å². The second-order valence-electron chi connectivity index (χ2n) is 2.70. The van der Waals surface area contributed by atoms with E-state index in [-0.39, 0.29) is 0 Å². The average Bonchev–Trinajstić information content (AvgIpc) is 2.58. The summed E-state index contributed by atoms with van der Waals surface area (Å²) < 4.78 is 1.83. The van der Waals surface area contributed by atoms with E-state index in [1.807, 2.05) is 29.9 Å². The van der Waals surface area contributed by atoms with Crippen molar-refractivity contribution in [2.24, 2.45) is 0 Å². The highest BCUT2D eigenvalue weighted by Gasteiger charge is 2.01. The Hall–Kier alpha value is -1.71. The third-order valence-corrected chi connectivity index (χ3v) is 1.77. The molecule has 0 aromatic carbocycles. The van der Waals surface area contributed by atoms with E-state index in [4.69, 9.17) is 5.73 Å². The molecule has 0 aliphatic heterocycles. The molecule has 0 radical (unpaired) electrons. The van der Waals surface area contributed by atoms with Gasteiger partial charge in [0.15, 0.2) is 0 Å². The number of aromatic nitrogens is 3. The predicted octanol–water partition coefficient (Wildman–Crippen LogP) is 1.09. The fourth-order valence-corrected chi connectivity index (χ4v) is 1.16. The Bertz CT molecular complexity index is 385. The van der Waals surface area contributed by atoms with Crippen LogP contribution >= 0.6 is 0 Å². The van der Waals surface area contributed by atoms with Gasteiger partial charge in [-0.25, -0.2) is 4.68 Å². The summed E-state index contributed by atoms with van der Waals surface area (Å²) in [6.45, 7) is 2.00. The summed E-state index contributed by atoms with van der Waals surface area (Å²) in [5, 5.41) is 4.14. The van der Waals surface area contributed by atoms with Crippen molar-refractivity contribution in [1.82, 2.24) is 14.8 Å². The summed E-state index contributed by atoms with van der Waals surface area (Å²) in [5.41, 5.74) is 7.60. The molecule has 2 heterocycles. The zero-order chi connectivity index (χ0) is 8.55. The normalized spacial score (nSPS) is 10.4. The first kappa shape index (κ1) is 6.97. The van der Waals surface area contributed by atoms with E-state index >= 15 is 0 Å². The van der Waals surface area contributed by atoms with Gasteiger partial charge in [-0.1, -0.05) is 0 Å². The number of hydrogen-bond donors (Lipinski definition) is 2. The van der Waals surface area contributed by atoms with Gasteiger partial charge in [-0.3, -0.25) is 0 Å². The maximum Gasteiger partial charge on any atom is 0.102 e. The Kier molecular flexibility index (Phi) is 1.40. The number of nitrogens with one attached hydrogen (secondary N) is 1. The lowest BCUT2D eigenvalue weighted by molar-refractivity contribution is 0.848. The summed E-state index contributed by atoms with van der Waals surface area (Å²) in [5.74, 6) is 0.653. The van der Waals surface area contributed by atoms with Gasteiger partial charge in [0.2, 0.25) is 0 Å². The minimum atomic E-state index is 0.653. The van der Waals surface area contributed by atoms with Crippen molar-refractivity contribution in [2.75, 3.05) is 5.73 Å². The van der Waals surface area contributed by atoms with E-state index in [1.165, 1.54) is 0 Å². The van der Waals surface area contributed by atoms with Gasteiger partial charge in [-0.05, 0) is 13.0 Å². The van der Waals surface area contributed by atoms with Gasteiger partial charge in [-0.15, -0.1) is 0 Å². The van der Waals surface area contributed by atoms with E-state index in [0.717, 1.165) is 11.4 Å². The van der Waals surface area contributed by atoms with Crippen molar-refractivity contribution in [3.63, 3.8) is 0 Å². The topological polar surface area (TPSA) is 59.6 Å². The average molecular weight is 162 g/mol. The molecular weight excluding hydrogens is 152 g/mol. The van der Waals surface area contributed by atoms with Crippen molar-refractivity contribution in [3.8, 4) is 5.69 Å². The molecule has 0 atom stereocenters. The van der Waals surface area contributed by atoms with E-state index in [1.54, 1.807) is 6.20 Å². The molecule has 4 heteroatoms. The zero-order valence-electron chi connectivity index (χ0n) is 6.78. The van der Waals surface area contributed by atoms with Crippen LogP contribution in [0.2, 0.25) is 0 Å². The quantitative estimate of drug-likeness (QED) is 0.659. The fourth-order valence-electron chi connectivity index (χ4n) is 1.16. The summed E-state index contributed by atoms with van der Waals surface area (Å²) in [6.07, 6.45) is 3.59. The Balaban J connectivity index is 2.50. The van der Waals surface area contributed by atoms with E-state index in [2.05, 4.69) is 10.1 Å². The van der Waals surface area contributed by atoms with Crippen molar-refractivity contribution in [2.45, 2.75) is 6.92 Å². The summed E-state index contributed by atoms with van der Waals surface area (Å²) in [7, 11) is 0. The van der Waals surface area contributed by atoms with Crippen LogP contribution in [0.4, 0.5) is 5.82 Å². The predicted molar refractivity (Wildman–Crippen MR) is 47.1 cm³/mol. The number of rotatable bonds is 1. The number of hydrogen-bond acceptors (Lipinski definition) is 2. The molecular formula is C8H10N4. The van der Waals surface area contributed by atoms with Crippen molar-refractivity contribution in [1.29, 1.82) is 0 Å². The van der Waals surface area contributed by atoms with E-state index in [0.29, 0.717) is 5.82 Å². The van der Waals surface area contributed by atoms with Crippen LogP contribution in [0.25, 0.3) is 5.69 Å². The lowest BCUT2D eigenvalue weighted by Crippen LogP contribution is -1.95. The molecule has 0 saturated heterocycles. The van der Waals surface area contributed by atoms with Crippen LogP contribution in [-0.2, 0) is 0 Å². The molecule has 2 rings (SSSR count). The van der Waals surface area contributed by atoms with Gasteiger partial charge in [0.05, 0.1) is 5.69 Å². The molecule has 0 unspecified atom stereocenters. The van der Waals surface area contributed by atoms with Crippen molar-refractivity contribution in [3.05, 3.63) is 30.2 Å². The Morgan fingerprint density at radius 3 is 2.92 bits per heavy atom. The standard InChI is InChI=1S/C8H10N4/c1-6-2-3-11-12(6)7-4-8(9)10-5-7/h2-5,10H,9H2,1H3. The molecule has 3 N–H and O–H groups in total. The second kappa shape index (κ2) is 2.41. The number of nitrogens with zero attached hydrogens (tertiary/aromatic N) is 2. The summed E-state index contributed by atoms with van der Waals surface area (Å²) in [4.78, 5) is 2.90. The lowest BCUT2D eigenvalue weighted by Gasteiger charge is -1.97. The first-order valence-corrected chi connectivity index (χ1v) is 3.72. The lowest BCUT2D eigenvalue weighted by atomic mass is 10.4. The highest BCUT2D eigenvalue weighted by molar-refractivity contribution is 5.42. The molecule has 0 fully saturated rings. The molecule has 0 bridgehead atoms. The Labute approximate surface area is 70.0 Å². The van der Waals surface area contributed by atoms with Crippen molar-refractivity contribution < 1.29 is 0 Å². The molecule has 0 saturated carbocycles. The van der Waals surface area contributed by atoms with Gasteiger partial charge in [0.1, 0.15) is 5.82 Å². The number of nitrogens with two attached hydrogens (primary N) is 1. The highest BCUT2D eigenvalue weighted by atomic mass is 15.3. The minimum Gasteiger partial charge on any atom is -0.385 e. The molecule has 4 nitrogen and oxygen atoms in total. The molecule has 2 aromatic heterocycles. The van der Waals surface area contributed by atoms with Gasteiger partial charge in [0.25, 0.3) is 0 Å². The molecule has 2 aromatic rings. The Morgan fingerprint density at radius 2 is 2.42 bits per heavy atom. The van der Waals surface area contributed by atoms with E-state index in [9.17, 15) is 0 Å². The molecule has 0 spiro atoms. The van der Waals surface area contributed by atoms with Crippen LogP contribution in [0.15, 0.2) is 24.5 Å². The summed E-state index contributed by atoms with van der Waals surface area (Å²) >= 11 is 0. The Morgan fingerprint density at radius 1 is 1.58 bits per heavy atom. The molecule has 12 heavy (non-hydrogen) atoms. The summed E-state index contributed by atoms with van der Waals surface area (Å²) in [6, 6.07) is 3.79. The smallest absolute Gasteiger partial charge is 0.102 e. The van der Waals surface area contributed by atoms with Crippen LogP contribution in [0, 0.1) is 6.92 Å². The van der Waals surface area contributed by atoms with Crippen LogP contribution in [0.1, 0.15) is 5.69 Å². The largest absolute Gasteiger partial charge is 0.385 e. The number of H-pyrrole nitrogens is 1. The van der Waals surface area contributed by atoms with E-state index < -0.39 is 0 Å². The number of aromatic amines is 1. The van der Waals surface area contributed by atoms with Gasteiger partial charge < -0.3 is 10.7 Å². The third-order valence-electron chi connectivity index (χ3n) is 1.77. The number of aryl methyl sites for hydroxylation is 1. The van der Waals surface area contributed by atoms with Crippen molar-refractivity contribution >= 4 is 5.82 Å². The molecule has 62 valence electrons. The zero-order valence-corrected chi connectivity index (χ0v) is 6.78. The fraction of sp³-hybridized carbons (Fsp3) is 0.125. The maximum atomic E-state index is 5.54.